The fourth-order valence-corrected chi connectivity index (χ4v) is 3.49. The number of nitrogens with zero attached hydrogens (tertiary/aromatic N) is 2. The molecule has 9 nitrogen and oxygen atoms in total. The van der Waals surface area contributed by atoms with Crippen molar-refractivity contribution < 1.29 is 33.6 Å². The van der Waals surface area contributed by atoms with Crippen molar-refractivity contribution in [2.24, 2.45) is 0 Å². The molecule has 1 aliphatic rings. The molecule has 0 unspecified atom stereocenters. The predicted molar refractivity (Wildman–Crippen MR) is 125 cm³/mol. The summed E-state index contributed by atoms with van der Waals surface area (Å²) in [4.78, 5) is 30.3. The number of rotatable bonds is 7. The van der Waals surface area contributed by atoms with Crippen LogP contribution >= 0.6 is 0 Å². The molecule has 2 aromatic rings. The molecular weight excluding hydrogens is 440 g/mol. The van der Waals surface area contributed by atoms with Gasteiger partial charge in [-0.1, -0.05) is 6.07 Å². The standard InChI is InChI=1S/C25H30N2O7/c1-25(2,3)34-24(30)27-10-9-19(20(14-27)23(28)29)21-7-6-8-22(26-21)33-15-16-11-17(31-4)13-18(12-16)32-5/h6-8,11-13H,9-10,14-15H2,1-5H3,(H,28,29). The number of ether oxygens (including phenoxy) is 4. The highest BCUT2D eigenvalue weighted by atomic mass is 16.6. The van der Waals surface area contributed by atoms with Crippen molar-refractivity contribution in [1.82, 2.24) is 9.88 Å². The first kappa shape index (κ1) is 24.9. The van der Waals surface area contributed by atoms with Gasteiger partial charge in [-0.15, -0.1) is 0 Å². The quantitative estimate of drug-likeness (QED) is 0.643. The zero-order chi connectivity index (χ0) is 24.9. The molecule has 0 atom stereocenters. The summed E-state index contributed by atoms with van der Waals surface area (Å²) in [6.45, 7) is 5.80. The molecule has 0 saturated heterocycles. The van der Waals surface area contributed by atoms with Crippen molar-refractivity contribution in [2.45, 2.75) is 39.4 Å². The molecule has 0 bridgehead atoms. The summed E-state index contributed by atoms with van der Waals surface area (Å²) in [6, 6.07) is 10.6. The summed E-state index contributed by atoms with van der Waals surface area (Å²) in [5.74, 6) is 0.547. The molecular formula is C25H30N2O7. The Kier molecular flexibility index (Phi) is 7.65. The maximum absolute atomic E-state index is 12.4. The van der Waals surface area contributed by atoms with Crippen LogP contribution in [0.2, 0.25) is 0 Å². The molecule has 0 radical (unpaired) electrons. The molecule has 0 saturated carbocycles. The summed E-state index contributed by atoms with van der Waals surface area (Å²) in [5.41, 5.74) is 1.35. The number of pyridine rings is 1. The van der Waals surface area contributed by atoms with Crippen molar-refractivity contribution in [3.8, 4) is 17.4 Å². The minimum absolute atomic E-state index is 0.0596. The van der Waals surface area contributed by atoms with Crippen LogP contribution < -0.4 is 14.2 Å². The molecule has 182 valence electrons. The molecule has 1 N–H and O–H groups in total. The van der Waals surface area contributed by atoms with E-state index < -0.39 is 17.7 Å². The molecule has 1 aromatic carbocycles. The maximum atomic E-state index is 12.4. The van der Waals surface area contributed by atoms with Crippen LogP contribution in [0, 0.1) is 0 Å². The van der Waals surface area contributed by atoms with Gasteiger partial charge in [-0.05, 0) is 56.5 Å². The lowest BCUT2D eigenvalue weighted by Crippen LogP contribution is -2.41. The molecule has 1 aromatic heterocycles. The van der Waals surface area contributed by atoms with Crippen molar-refractivity contribution in [2.75, 3.05) is 27.3 Å². The third kappa shape index (κ3) is 6.40. The largest absolute Gasteiger partial charge is 0.497 e. The van der Waals surface area contributed by atoms with Crippen LogP contribution in [-0.2, 0) is 16.1 Å². The molecule has 0 spiro atoms. The van der Waals surface area contributed by atoms with Crippen molar-refractivity contribution in [3.63, 3.8) is 0 Å². The predicted octanol–water partition coefficient (Wildman–Crippen LogP) is 4.16. The van der Waals surface area contributed by atoms with Gasteiger partial charge in [-0.3, -0.25) is 0 Å². The van der Waals surface area contributed by atoms with E-state index >= 15 is 0 Å². The third-order valence-electron chi connectivity index (χ3n) is 5.09. The fourth-order valence-electron chi connectivity index (χ4n) is 3.49. The van der Waals surface area contributed by atoms with Crippen molar-refractivity contribution in [1.29, 1.82) is 0 Å². The molecule has 0 aliphatic carbocycles. The number of carbonyl (C=O) groups is 2. The van der Waals surface area contributed by atoms with Crippen LogP contribution in [0.5, 0.6) is 17.4 Å². The van der Waals surface area contributed by atoms with Gasteiger partial charge in [0.25, 0.3) is 0 Å². The van der Waals surface area contributed by atoms with E-state index in [0.717, 1.165) is 5.56 Å². The smallest absolute Gasteiger partial charge is 0.410 e. The first-order valence-electron chi connectivity index (χ1n) is 10.8. The zero-order valence-electron chi connectivity index (χ0n) is 20.1. The summed E-state index contributed by atoms with van der Waals surface area (Å²) in [6.07, 6.45) is -0.200. The molecule has 1 amide bonds. The normalized spacial score (nSPS) is 14.0. The monoisotopic (exact) mass is 470 g/mol. The van der Waals surface area contributed by atoms with Crippen LogP contribution in [0.4, 0.5) is 4.79 Å². The summed E-state index contributed by atoms with van der Waals surface area (Å²) < 4.78 is 21.8. The number of aliphatic carboxylic acids is 1. The number of carbonyl (C=O) groups excluding carboxylic acids is 1. The minimum Gasteiger partial charge on any atom is -0.497 e. The second kappa shape index (κ2) is 10.5. The maximum Gasteiger partial charge on any atom is 0.410 e. The van der Waals surface area contributed by atoms with Gasteiger partial charge in [0.05, 0.1) is 32.0 Å². The highest BCUT2D eigenvalue weighted by molar-refractivity contribution is 5.97. The Morgan fingerprint density at radius 2 is 1.76 bits per heavy atom. The highest BCUT2D eigenvalue weighted by Crippen LogP contribution is 2.29. The van der Waals surface area contributed by atoms with Gasteiger partial charge >= 0.3 is 12.1 Å². The van der Waals surface area contributed by atoms with Gasteiger partial charge in [-0.2, -0.15) is 0 Å². The Balaban J connectivity index is 1.79. The van der Waals surface area contributed by atoms with Gasteiger partial charge in [0.15, 0.2) is 0 Å². The van der Waals surface area contributed by atoms with Crippen molar-refractivity contribution in [3.05, 3.63) is 53.2 Å². The average molecular weight is 471 g/mol. The highest BCUT2D eigenvalue weighted by Gasteiger charge is 2.30. The molecule has 0 fully saturated rings. The Morgan fingerprint density at radius 3 is 2.35 bits per heavy atom. The van der Waals surface area contributed by atoms with E-state index in [0.29, 0.717) is 41.6 Å². The molecule has 1 aliphatic heterocycles. The lowest BCUT2D eigenvalue weighted by molar-refractivity contribution is -0.132. The number of aromatic nitrogens is 1. The summed E-state index contributed by atoms with van der Waals surface area (Å²) >= 11 is 0. The molecule has 34 heavy (non-hydrogen) atoms. The Hall–Kier alpha value is -3.75. The number of methoxy groups -OCH3 is 2. The van der Waals surface area contributed by atoms with Gasteiger partial charge in [-0.25, -0.2) is 14.6 Å². The van der Waals surface area contributed by atoms with E-state index in [2.05, 4.69) is 4.98 Å². The van der Waals surface area contributed by atoms with E-state index in [1.165, 1.54) is 4.90 Å². The number of amides is 1. The van der Waals surface area contributed by atoms with Crippen LogP contribution in [-0.4, -0.2) is 60.0 Å². The minimum atomic E-state index is -1.10. The SMILES string of the molecule is COc1cc(COc2cccc(C3=C(C(=O)O)CN(C(=O)OC(C)(C)C)CC3)n2)cc(OC)c1. The zero-order valence-corrected chi connectivity index (χ0v) is 20.1. The summed E-state index contributed by atoms with van der Waals surface area (Å²) in [7, 11) is 3.15. The van der Waals surface area contributed by atoms with E-state index in [1.807, 2.05) is 12.1 Å². The number of benzene rings is 1. The Morgan fingerprint density at radius 1 is 1.09 bits per heavy atom. The van der Waals surface area contributed by atoms with Crippen LogP contribution in [0.3, 0.4) is 0 Å². The van der Waals surface area contributed by atoms with E-state index in [9.17, 15) is 14.7 Å². The number of hydrogen-bond acceptors (Lipinski definition) is 7. The lowest BCUT2D eigenvalue weighted by Gasteiger charge is -2.31. The number of hydrogen-bond donors (Lipinski definition) is 1. The van der Waals surface area contributed by atoms with Gasteiger partial charge in [0.1, 0.15) is 23.7 Å². The van der Waals surface area contributed by atoms with E-state index in [4.69, 9.17) is 18.9 Å². The Bertz CT molecular complexity index is 1070. The Labute approximate surface area is 198 Å². The van der Waals surface area contributed by atoms with E-state index in [1.54, 1.807) is 59.3 Å². The number of carboxylic acid groups (broad SMARTS) is 1. The summed E-state index contributed by atoms with van der Waals surface area (Å²) in [5, 5.41) is 9.80. The molecule has 9 heteroatoms. The first-order chi connectivity index (χ1) is 16.1. The van der Waals surface area contributed by atoms with Crippen molar-refractivity contribution >= 4 is 17.6 Å². The van der Waals surface area contributed by atoms with Crippen LogP contribution in [0.25, 0.3) is 5.57 Å². The topological polar surface area (TPSA) is 107 Å². The first-order valence-corrected chi connectivity index (χ1v) is 10.8. The van der Waals surface area contributed by atoms with Crippen LogP contribution in [0.1, 0.15) is 38.4 Å². The van der Waals surface area contributed by atoms with E-state index in [-0.39, 0.29) is 18.7 Å². The van der Waals surface area contributed by atoms with Gasteiger partial charge < -0.3 is 29.0 Å². The molecule has 3 rings (SSSR count). The average Bonchev–Trinajstić information content (AvgIpc) is 2.81. The lowest BCUT2D eigenvalue weighted by atomic mass is 9.97. The van der Waals surface area contributed by atoms with Gasteiger partial charge in [0.2, 0.25) is 5.88 Å². The second-order valence-electron chi connectivity index (χ2n) is 8.78. The third-order valence-corrected chi connectivity index (χ3v) is 5.09. The van der Waals surface area contributed by atoms with Crippen LogP contribution in [0.15, 0.2) is 42.0 Å². The fraction of sp³-hybridized carbons (Fsp3) is 0.400. The second-order valence-corrected chi connectivity index (χ2v) is 8.78. The molecule has 2 heterocycles. The van der Waals surface area contributed by atoms with Gasteiger partial charge in [0, 0.05) is 18.7 Å². The number of carboxylic acids is 1.